The van der Waals surface area contributed by atoms with Crippen LogP contribution in [-0.4, -0.2) is 0 Å². The van der Waals surface area contributed by atoms with E-state index in [9.17, 15) is 0 Å². The van der Waals surface area contributed by atoms with Gasteiger partial charge in [-0.15, -0.1) is 0 Å². The molecule has 0 bridgehead atoms. The SMILES string of the molecule is N#Cc1ccc(Oc2ccc(Cl)cc2)c2ccccc12. The molecule has 0 spiro atoms. The second-order valence-electron chi connectivity index (χ2n) is 4.32. The largest absolute Gasteiger partial charge is 0.457 e. The molecule has 0 aliphatic rings. The fourth-order valence-corrected chi connectivity index (χ4v) is 2.21. The molecule has 20 heavy (non-hydrogen) atoms. The molecule has 0 atom stereocenters. The smallest absolute Gasteiger partial charge is 0.135 e. The van der Waals surface area contributed by atoms with Crippen LogP contribution in [0.1, 0.15) is 5.56 Å². The first-order chi connectivity index (χ1) is 9.78. The predicted molar refractivity (Wildman–Crippen MR) is 80.2 cm³/mol. The first kappa shape index (κ1) is 12.5. The number of nitrogens with zero attached hydrogens (tertiary/aromatic N) is 1. The van der Waals surface area contributed by atoms with Crippen molar-refractivity contribution in [1.29, 1.82) is 5.26 Å². The second kappa shape index (κ2) is 5.24. The molecule has 3 aromatic rings. The zero-order valence-electron chi connectivity index (χ0n) is 10.5. The Morgan fingerprint density at radius 2 is 1.55 bits per heavy atom. The van der Waals surface area contributed by atoms with Crippen LogP contribution >= 0.6 is 11.6 Å². The molecule has 0 amide bonds. The summed E-state index contributed by atoms with van der Waals surface area (Å²) in [5.74, 6) is 1.44. The molecule has 0 saturated heterocycles. The van der Waals surface area contributed by atoms with E-state index in [4.69, 9.17) is 21.6 Å². The third-order valence-corrected chi connectivity index (χ3v) is 3.30. The number of hydrogen-bond acceptors (Lipinski definition) is 2. The van der Waals surface area contributed by atoms with Crippen LogP contribution in [0.4, 0.5) is 0 Å². The maximum atomic E-state index is 9.14. The van der Waals surface area contributed by atoms with Gasteiger partial charge in [-0.05, 0) is 36.4 Å². The second-order valence-corrected chi connectivity index (χ2v) is 4.76. The first-order valence-electron chi connectivity index (χ1n) is 6.13. The fourth-order valence-electron chi connectivity index (χ4n) is 2.09. The van der Waals surface area contributed by atoms with Crippen molar-refractivity contribution in [3.63, 3.8) is 0 Å². The Morgan fingerprint density at radius 3 is 2.25 bits per heavy atom. The topological polar surface area (TPSA) is 33.0 Å². The summed E-state index contributed by atoms with van der Waals surface area (Å²) >= 11 is 5.86. The molecule has 0 radical (unpaired) electrons. The average Bonchev–Trinajstić information content (AvgIpc) is 2.50. The number of benzene rings is 3. The minimum Gasteiger partial charge on any atom is -0.457 e. The van der Waals surface area contributed by atoms with Gasteiger partial charge in [0.1, 0.15) is 11.5 Å². The zero-order chi connectivity index (χ0) is 13.9. The van der Waals surface area contributed by atoms with E-state index in [1.165, 1.54) is 0 Å². The maximum Gasteiger partial charge on any atom is 0.135 e. The van der Waals surface area contributed by atoms with Gasteiger partial charge in [0.25, 0.3) is 0 Å². The molecule has 3 heteroatoms. The molecule has 0 heterocycles. The van der Waals surface area contributed by atoms with Crippen molar-refractivity contribution in [3.8, 4) is 17.6 Å². The quantitative estimate of drug-likeness (QED) is 0.649. The summed E-state index contributed by atoms with van der Waals surface area (Å²) in [6, 6.07) is 20.7. The van der Waals surface area contributed by atoms with Crippen molar-refractivity contribution in [2.45, 2.75) is 0 Å². The Kier molecular flexibility index (Phi) is 3.28. The summed E-state index contributed by atoms with van der Waals surface area (Å²) < 4.78 is 5.88. The van der Waals surface area contributed by atoms with Gasteiger partial charge in [0, 0.05) is 15.8 Å². The molecule has 0 fully saturated rings. The van der Waals surface area contributed by atoms with Gasteiger partial charge in [-0.25, -0.2) is 0 Å². The molecule has 0 N–H and O–H groups in total. The Morgan fingerprint density at radius 1 is 0.850 bits per heavy atom. The van der Waals surface area contributed by atoms with Gasteiger partial charge >= 0.3 is 0 Å². The van der Waals surface area contributed by atoms with Crippen LogP contribution in [0.5, 0.6) is 11.5 Å². The number of hydrogen-bond donors (Lipinski definition) is 0. The molecule has 96 valence electrons. The molecular weight excluding hydrogens is 270 g/mol. The van der Waals surface area contributed by atoms with Gasteiger partial charge in [0.15, 0.2) is 0 Å². The molecule has 3 rings (SSSR count). The molecule has 0 aromatic heterocycles. The van der Waals surface area contributed by atoms with Gasteiger partial charge < -0.3 is 4.74 Å². The number of ether oxygens (including phenoxy) is 1. The molecule has 2 nitrogen and oxygen atoms in total. The van der Waals surface area contributed by atoms with Gasteiger partial charge in [-0.1, -0.05) is 35.9 Å². The Bertz CT molecular complexity index is 803. The highest BCUT2D eigenvalue weighted by Crippen LogP contribution is 2.32. The van der Waals surface area contributed by atoms with Gasteiger partial charge in [0.05, 0.1) is 11.6 Å². The first-order valence-corrected chi connectivity index (χ1v) is 6.51. The fraction of sp³-hybridized carbons (Fsp3) is 0. The van der Waals surface area contributed by atoms with Crippen LogP contribution in [0, 0.1) is 11.3 Å². The molecule has 3 aromatic carbocycles. The van der Waals surface area contributed by atoms with Crippen molar-refractivity contribution in [1.82, 2.24) is 0 Å². The van der Waals surface area contributed by atoms with Crippen LogP contribution in [0.25, 0.3) is 10.8 Å². The summed E-state index contributed by atoms with van der Waals surface area (Å²) in [6.45, 7) is 0. The lowest BCUT2D eigenvalue weighted by atomic mass is 10.0. The van der Waals surface area contributed by atoms with Crippen molar-refractivity contribution in [2.75, 3.05) is 0 Å². The van der Waals surface area contributed by atoms with Crippen molar-refractivity contribution in [2.24, 2.45) is 0 Å². The predicted octanol–water partition coefficient (Wildman–Crippen LogP) is 5.16. The molecule has 0 saturated carbocycles. The van der Waals surface area contributed by atoms with Crippen LogP contribution in [0.15, 0.2) is 60.7 Å². The van der Waals surface area contributed by atoms with E-state index >= 15 is 0 Å². The van der Waals surface area contributed by atoms with E-state index in [-0.39, 0.29) is 0 Å². The number of nitriles is 1. The Balaban J connectivity index is 2.09. The molecular formula is C17H10ClNO. The third-order valence-electron chi connectivity index (χ3n) is 3.05. The normalized spacial score (nSPS) is 10.2. The number of rotatable bonds is 2. The van der Waals surface area contributed by atoms with Crippen LogP contribution < -0.4 is 4.74 Å². The summed E-state index contributed by atoms with van der Waals surface area (Å²) in [6.07, 6.45) is 0. The van der Waals surface area contributed by atoms with E-state index in [1.54, 1.807) is 18.2 Å². The maximum absolute atomic E-state index is 9.14. The van der Waals surface area contributed by atoms with E-state index in [2.05, 4.69) is 6.07 Å². The highest BCUT2D eigenvalue weighted by Gasteiger charge is 2.07. The lowest BCUT2D eigenvalue weighted by Crippen LogP contribution is -1.87. The summed E-state index contributed by atoms with van der Waals surface area (Å²) in [4.78, 5) is 0. The Labute approximate surface area is 121 Å². The van der Waals surface area contributed by atoms with Crippen molar-refractivity contribution in [3.05, 3.63) is 71.2 Å². The number of halogens is 1. The molecule has 0 aliphatic heterocycles. The summed E-state index contributed by atoms with van der Waals surface area (Å²) in [5.41, 5.74) is 0.643. The lowest BCUT2D eigenvalue weighted by molar-refractivity contribution is 0.488. The molecule has 0 aliphatic carbocycles. The van der Waals surface area contributed by atoms with Gasteiger partial charge in [-0.3, -0.25) is 0 Å². The minimum absolute atomic E-state index is 0.643. The number of fused-ring (bicyclic) bond motifs is 1. The van der Waals surface area contributed by atoms with Gasteiger partial charge in [-0.2, -0.15) is 5.26 Å². The van der Waals surface area contributed by atoms with Crippen LogP contribution in [0.2, 0.25) is 5.02 Å². The highest BCUT2D eigenvalue weighted by atomic mass is 35.5. The monoisotopic (exact) mass is 279 g/mol. The lowest BCUT2D eigenvalue weighted by Gasteiger charge is -2.10. The van der Waals surface area contributed by atoms with Crippen molar-refractivity contribution >= 4 is 22.4 Å². The van der Waals surface area contributed by atoms with E-state index in [0.29, 0.717) is 16.3 Å². The van der Waals surface area contributed by atoms with Crippen LogP contribution in [0.3, 0.4) is 0 Å². The van der Waals surface area contributed by atoms with E-state index < -0.39 is 0 Å². The minimum atomic E-state index is 0.643. The van der Waals surface area contributed by atoms with Crippen molar-refractivity contribution < 1.29 is 4.74 Å². The van der Waals surface area contributed by atoms with E-state index in [1.807, 2.05) is 42.5 Å². The standard InChI is InChI=1S/C17H10ClNO/c18-13-6-8-14(9-7-13)20-17-10-5-12(11-19)15-3-1-2-4-16(15)17/h1-10H. The zero-order valence-corrected chi connectivity index (χ0v) is 11.3. The van der Waals surface area contributed by atoms with Crippen LogP contribution in [-0.2, 0) is 0 Å². The average molecular weight is 280 g/mol. The van der Waals surface area contributed by atoms with E-state index in [0.717, 1.165) is 16.5 Å². The highest BCUT2D eigenvalue weighted by molar-refractivity contribution is 6.30. The summed E-state index contributed by atoms with van der Waals surface area (Å²) in [5, 5.41) is 11.6. The third kappa shape index (κ3) is 2.32. The van der Waals surface area contributed by atoms with Gasteiger partial charge in [0.2, 0.25) is 0 Å². The molecule has 0 unspecified atom stereocenters. The Hall–Kier alpha value is -2.50. The summed E-state index contributed by atoms with van der Waals surface area (Å²) in [7, 11) is 0.